The van der Waals surface area contributed by atoms with E-state index in [2.05, 4.69) is 40.8 Å². The number of nitrogens with two attached hydrogens (primary N) is 1. The van der Waals surface area contributed by atoms with Gasteiger partial charge in [0.15, 0.2) is 5.82 Å². The smallest absolute Gasteiger partial charge is 0.172 e. The van der Waals surface area contributed by atoms with Crippen molar-refractivity contribution >= 4 is 17.0 Å². The van der Waals surface area contributed by atoms with Crippen LogP contribution in [0.15, 0.2) is 12.1 Å². The number of hydrogen-bond donors (Lipinski definition) is 2. The summed E-state index contributed by atoms with van der Waals surface area (Å²) < 4.78 is 2.05. The normalized spacial score (nSPS) is 13.8. The lowest BCUT2D eigenvalue weighted by atomic mass is 10.2. The number of likely N-dealkylation sites (N-methyl/N-ethyl adjacent to an activating group) is 1. The van der Waals surface area contributed by atoms with Gasteiger partial charge in [-0.05, 0) is 50.9 Å². The summed E-state index contributed by atoms with van der Waals surface area (Å²) in [5.74, 6) is 0.828. The fourth-order valence-corrected chi connectivity index (χ4v) is 3.58. The van der Waals surface area contributed by atoms with Crippen LogP contribution in [0.25, 0.3) is 5.52 Å². The zero-order valence-electron chi connectivity index (χ0n) is 15.1. The lowest BCUT2D eigenvalue weighted by molar-refractivity contribution is 0.336. The van der Waals surface area contributed by atoms with Gasteiger partial charge in [0.1, 0.15) is 5.69 Å². The summed E-state index contributed by atoms with van der Waals surface area (Å²) in [5.41, 5.74) is 10.9. The molecule has 0 fully saturated rings. The minimum atomic E-state index is 0.773. The molecule has 2 heterocycles. The molecule has 2 aromatic rings. The number of unbranched alkanes of at least 4 members (excludes halogenated alkanes) is 3. The highest BCUT2D eigenvalue weighted by molar-refractivity contribution is 5.81. The molecule has 2 aromatic heterocycles. The Morgan fingerprint density at radius 3 is 2.92 bits per heavy atom. The fraction of sp³-hybridized carbons (Fsp3) is 0.632. The minimum Gasteiger partial charge on any atom is -0.394 e. The van der Waals surface area contributed by atoms with Crippen LogP contribution in [0.4, 0.5) is 11.5 Å². The Bertz CT molecular complexity index is 676. The number of aryl methyl sites for hydroxylation is 2. The van der Waals surface area contributed by atoms with Crippen molar-refractivity contribution in [3.8, 4) is 0 Å². The largest absolute Gasteiger partial charge is 0.394 e. The van der Waals surface area contributed by atoms with Gasteiger partial charge >= 0.3 is 0 Å². The molecule has 0 bridgehead atoms. The monoisotopic (exact) mass is 329 g/mol. The number of fused-ring (bicyclic) bond motifs is 3. The average molecular weight is 329 g/mol. The molecule has 1 aliphatic rings. The van der Waals surface area contributed by atoms with E-state index in [0.29, 0.717) is 0 Å². The number of nitrogens with zero attached hydrogens (tertiary/aromatic N) is 3. The second kappa shape index (κ2) is 7.88. The Balaban J connectivity index is 1.55. The topological polar surface area (TPSA) is 58.6 Å². The number of aromatic nitrogens is 2. The number of nitrogen functional groups attached to an aromatic ring is 1. The Labute approximate surface area is 145 Å². The van der Waals surface area contributed by atoms with Crippen LogP contribution in [0.1, 0.15) is 50.3 Å². The summed E-state index contributed by atoms with van der Waals surface area (Å²) in [7, 11) is 2.19. The first-order valence-corrected chi connectivity index (χ1v) is 9.42. The molecule has 0 aromatic carbocycles. The number of anilines is 2. The van der Waals surface area contributed by atoms with Gasteiger partial charge < -0.3 is 16.0 Å². The van der Waals surface area contributed by atoms with Crippen molar-refractivity contribution in [1.82, 2.24) is 14.5 Å². The molecule has 24 heavy (non-hydrogen) atoms. The predicted octanol–water partition coefficient (Wildman–Crippen LogP) is 3.33. The van der Waals surface area contributed by atoms with E-state index in [9.17, 15) is 0 Å². The highest BCUT2D eigenvalue weighted by Gasteiger charge is 2.18. The molecule has 0 saturated carbocycles. The van der Waals surface area contributed by atoms with Gasteiger partial charge in [-0.25, -0.2) is 4.52 Å². The Hall–Kier alpha value is -1.75. The summed E-state index contributed by atoms with van der Waals surface area (Å²) in [6.07, 6.45) is 8.74. The second-order valence-corrected chi connectivity index (χ2v) is 7.01. The minimum absolute atomic E-state index is 0.773. The first-order valence-electron chi connectivity index (χ1n) is 9.42. The van der Waals surface area contributed by atoms with E-state index in [1.165, 1.54) is 43.4 Å². The van der Waals surface area contributed by atoms with Gasteiger partial charge in [-0.3, -0.25) is 0 Å². The summed E-state index contributed by atoms with van der Waals surface area (Å²) in [4.78, 5) is 2.38. The van der Waals surface area contributed by atoms with E-state index >= 15 is 0 Å². The Morgan fingerprint density at radius 1 is 1.21 bits per heavy atom. The number of hydrogen-bond acceptors (Lipinski definition) is 4. The molecule has 5 nitrogen and oxygen atoms in total. The van der Waals surface area contributed by atoms with Crippen LogP contribution in [0, 0.1) is 0 Å². The van der Waals surface area contributed by atoms with Crippen LogP contribution >= 0.6 is 0 Å². The molecule has 5 heteroatoms. The van der Waals surface area contributed by atoms with Crippen molar-refractivity contribution in [2.45, 2.75) is 51.9 Å². The summed E-state index contributed by atoms with van der Waals surface area (Å²) in [6.45, 7) is 5.30. The molecule has 0 spiro atoms. The van der Waals surface area contributed by atoms with E-state index in [0.717, 1.165) is 49.5 Å². The number of nitrogens with one attached hydrogen (secondary N) is 1. The van der Waals surface area contributed by atoms with E-state index in [4.69, 9.17) is 10.8 Å². The van der Waals surface area contributed by atoms with Crippen LogP contribution in [-0.2, 0) is 12.8 Å². The molecule has 0 radical (unpaired) electrons. The number of pyridine rings is 1. The van der Waals surface area contributed by atoms with Gasteiger partial charge in [-0.1, -0.05) is 32.3 Å². The maximum atomic E-state index is 6.30. The van der Waals surface area contributed by atoms with Crippen molar-refractivity contribution in [3.05, 3.63) is 23.4 Å². The maximum Gasteiger partial charge on any atom is 0.172 e. The fourth-order valence-electron chi connectivity index (χ4n) is 3.58. The van der Waals surface area contributed by atoms with E-state index < -0.39 is 0 Å². The van der Waals surface area contributed by atoms with Gasteiger partial charge in [0, 0.05) is 18.8 Å². The van der Waals surface area contributed by atoms with Crippen LogP contribution in [0.3, 0.4) is 0 Å². The molecule has 0 saturated heterocycles. The van der Waals surface area contributed by atoms with E-state index in [1.54, 1.807) is 0 Å². The molecule has 0 amide bonds. The van der Waals surface area contributed by atoms with Crippen LogP contribution in [-0.4, -0.2) is 41.2 Å². The zero-order valence-corrected chi connectivity index (χ0v) is 15.1. The molecule has 3 N–H and O–H groups in total. The molecule has 1 aliphatic carbocycles. The van der Waals surface area contributed by atoms with Gasteiger partial charge in [0.05, 0.1) is 5.52 Å². The zero-order chi connectivity index (χ0) is 16.9. The first-order chi connectivity index (χ1) is 11.7. The highest BCUT2D eigenvalue weighted by Crippen LogP contribution is 2.29. The van der Waals surface area contributed by atoms with E-state index in [-0.39, 0.29) is 0 Å². The van der Waals surface area contributed by atoms with Gasteiger partial charge in [-0.2, -0.15) is 0 Å². The van der Waals surface area contributed by atoms with Crippen LogP contribution in [0.5, 0.6) is 0 Å². The van der Waals surface area contributed by atoms with Crippen molar-refractivity contribution in [3.63, 3.8) is 0 Å². The SMILES string of the molecule is CCCCCCN(C)CCNc1nn2c3c(ccc2c1N)CCC3. The molecule has 132 valence electrons. The van der Waals surface area contributed by atoms with E-state index in [1.807, 2.05) is 0 Å². The van der Waals surface area contributed by atoms with Crippen molar-refractivity contribution in [2.24, 2.45) is 0 Å². The molecular formula is C19H31N5. The molecule has 0 unspecified atom stereocenters. The maximum absolute atomic E-state index is 6.30. The molecular weight excluding hydrogens is 298 g/mol. The summed E-state index contributed by atoms with van der Waals surface area (Å²) >= 11 is 0. The van der Waals surface area contributed by atoms with Crippen LogP contribution in [0.2, 0.25) is 0 Å². The molecule has 0 aliphatic heterocycles. The average Bonchev–Trinajstić information content (AvgIpc) is 3.17. The van der Waals surface area contributed by atoms with Gasteiger partial charge in [-0.15, -0.1) is 5.10 Å². The van der Waals surface area contributed by atoms with Crippen LogP contribution < -0.4 is 11.1 Å². The lowest BCUT2D eigenvalue weighted by Crippen LogP contribution is -2.26. The third-order valence-corrected chi connectivity index (χ3v) is 5.07. The summed E-state index contributed by atoms with van der Waals surface area (Å²) in [5, 5.41) is 8.16. The summed E-state index contributed by atoms with van der Waals surface area (Å²) in [6, 6.07) is 4.32. The van der Waals surface area contributed by atoms with Gasteiger partial charge in [0.25, 0.3) is 0 Å². The third kappa shape index (κ3) is 3.66. The highest BCUT2D eigenvalue weighted by atomic mass is 15.3. The quantitative estimate of drug-likeness (QED) is 0.693. The van der Waals surface area contributed by atoms with Gasteiger partial charge in [0.2, 0.25) is 0 Å². The molecule has 0 atom stereocenters. The van der Waals surface area contributed by atoms with Crippen molar-refractivity contribution in [2.75, 3.05) is 37.7 Å². The number of rotatable bonds is 9. The second-order valence-electron chi connectivity index (χ2n) is 7.01. The molecule has 3 rings (SSSR count). The third-order valence-electron chi connectivity index (χ3n) is 5.07. The Morgan fingerprint density at radius 2 is 2.08 bits per heavy atom. The lowest BCUT2D eigenvalue weighted by Gasteiger charge is -2.16. The van der Waals surface area contributed by atoms with Crippen molar-refractivity contribution < 1.29 is 0 Å². The Kier molecular flexibility index (Phi) is 5.61. The first kappa shape index (κ1) is 17.1. The predicted molar refractivity (Wildman–Crippen MR) is 102 cm³/mol. The standard InChI is InChI=1S/C19H31N5/c1-3-4-5-6-13-23(2)14-12-21-19-18(20)17-11-10-15-8-7-9-16(15)24(17)22-19/h10-11H,3-9,12-14,20H2,1-2H3,(H,21,22). The van der Waals surface area contributed by atoms with Crippen molar-refractivity contribution in [1.29, 1.82) is 0 Å².